The number of benzene rings is 1. The highest BCUT2D eigenvalue weighted by Gasteiger charge is 1.89. The van der Waals surface area contributed by atoms with Crippen molar-refractivity contribution >= 4 is 18.2 Å². The number of allylic oxidation sites excluding steroid dienone is 1. The van der Waals surface area contributed by atoms with E-state index in [1.54, 1.807) is 36.5 Å². The first-order chi connectivity index (χ1) is 6.36. The van der Waals surface area contributed by atoms with Gasteiger partial charge in [0.15, 0.2) is 0 Å². The summed E-state index contributed by atoms with van der Waals surface area (Å²) < 4.78 is 0. The molecule has 1 aromatic rings. The molecule has 0 fully saturated rings. The Morgan fingerprint density at radius 2 is 1.92 bits per heavy atom. The minimum atomic E-state index is 0.654. The summed E-state index contributed by atoms with van der Waals surface area (Å²) in [4.78, 5) is 10.3. The zero-order valence-electron chi connectivity index (χ0n) is 7.03. The average Bonchev–Trinajstić information content (AvgIpc) is 2.19. The second-order valence-corrected chi connectivity index (χ2v) is 2.41. The highest BCUT2D eigenvalue weighted by Crippen LogP contribution is 2.07. The predicted octanol–water partition coefficient (Wildman–Crippen LogP) is 2.07. The number of carbonyl (C=O) groups is 1. The second-order valence-electron chi connectivity index (χ2n) is 2.41. The first-order valence-electron chi connectivity index (χ1n) is 3.84. The standard InChI is InChI=1S/C10H10N2O/c11-6-1-7-12-10-4-2-9(8-13)3-5-10/h1-8,11-12H/b7-1-,11-6?. The van der Waals surface area contributed by atoms with Crippen LogP contribution in [-0.2, 0) is 0 Å². The number of aldehydes is 1. The maximum absolute atomic E-state index is 10.3. The molecule has 0 aliphatic carbocycles. The summed E-state index contributed by atoms with van der Waals surface area (Å²) in [7, 11) is 0. The Bertz CT molecular complexity index is 314. The molecule has 0 saturated heterocycles. The molecule has 0 spiro atoms. The maximum atomic E-state index is 10.3. The Hall–Kier alpha value is -1.90. The van der Waals surface area contributed by atoms with E-state index in [0.717, 1.165) is 12.0 Å². The van der Waals surface area contributed by atoms with Gasteiger partial charge in [-0.25, -0.2) is 0 Å². The molecular weight excluding hydrogens is 164 g/mol. The highest BCUT2D eigenvalue weighted by atomic mass is 16.1. The van der Waals surface area contributed by atoms with Gasteiger partial charge >= 0.3 is 0 Å². The molecule has 0 unspecified atom stereocenters. The van der Waals surface area contributed by atoms with Crippen molar-refractivity contribution in [2.24, 2.45) is 0 Å². The topological polar surface area (TPSA) is 53.0 Å². The van der Waals surface area contributed by atoms with Gasteiger partial charge in [-0.3, -0.25) is 4.79 Å². The summed E-state index contributed by atoms with van der Waals surface area (Å²) in [5.74, 6) is 0. The van der Waals surface area contributed by atoms with E-state index in [1.807, 2.05) is 0 Å². The van der Waals surface area contributed by atoms with Crippen molar-refractivity contribution in [3.63, 3.8) is 0 Å². The summed E-state index contributed by atoms with van der Waals surface area (Å²) in [6.45, 7) is 0. The molecule has 0 bridgehead atoms. The molecule has 3 nitrogen and oxygen atoms in total. The summed E-state index contributed by atoms with van der Waals surface area (Å²) in [5, 5.41) is 9.68. The van der Waals surface area contributed by atoms with E-state index in [2.05, 4.69) is 5.32 Å². The lowest BCUT2D eigenvalue weighted by molar-refractivity contribution is 0.112. The van der Waals surface area contributed by atoms with Gasteiger partial charge in [0.05, 0.1) is 0 Å². The first-order valence-corrected chi connectivity index (χ1v) is 3.84. The molecule has 1 rings (SSSR count). The Kier molecular flexibility index (Phi) is 3.45. The smallest absolute Gasteiger partial charge is 0.150 e. The van der Waals surface area contributed by atoms with E-state index >= 15 is 0 Å². The van der Waals surface area contributed by atoms with E-state index in [0.29, 0.717) is 5.56 Å². The fourth-order valence-corrected chi connectivity index (χ4v) is 0.850. The molecule has 13 heavy (non-hydrogen) atoms. The maximum Gasteiger partial charge on any atom is 0.150 e. The second kappa shape index (κ2) is 4.87. The Morgan fingerprint density at radius 1 is 1.23 bits per heavy atom. The molecule has 0 heterocycles. The fourth-order valence-electron chi connectivity index (χ4n) is 0.850. The van der Waals surface area contributed by atoms with Gasteiger partial charge < -0.3 is 10.7 Å². The number of anilines is 1. The lowest BCUT2D eigenvalue weighted by Gasteiger charge is -1.98. The number of nitrogens with one attached hydrogen (secondary N) is 2. The van der Waals surface area contributed by atoms with Crippen molar-refractivity contribution in [2.45, 2.75) is 0 Å². The van der Waals surface area contributed by atoms with Gasteiger partial charge in [0.25, 0.3) is 0 Å². The van der Waals surface area contributed by atoms with E-state index in [4.69, 9.17) is 5.41 Å². The third-order valence-electron chi connectivity index (χ3n) is 1.49. The third kappa shape index (κ3) is 2.91. The van der Waals surface area contributed by atoms with Crippen LogP contribution in [0.4, 0.5) is 5.69 Å². The van der Waals surface area contributed by atoms with Crippen LogP contribution in [0.5, 0.6) is 0 Å². The SMILES string of the molecule is N=C/C=C\Nc1ccc(C=O)cc1. The minimum Gasteiger partial charge on any atom is -0.362 e. The number of hydrogen-bond acceptors (Lipinski definition) is 3. The molecule has 0 amide bonds. The van der Waals surface area contributed by atoms with E-state index in [-0.39, 0.29) is 0 Å². The minimum absolute atomic E-state index is 0.654. The van der Waals surface area contributed by atoms with Crippen LogP contribution in [0.15, 0.2) is 36.5 Å². The molecule has 66 valence electrons. The van der Waals surface area contributed by atoms with Crippen LogP contribution in [0.25, 0.3) is 0 Å². The lowest BCUT2D eigenvalue weighted by atomic mass is 10.2. The fraction of sp³-hybridized carbons (Fsp3) is 0. The van der Waals surface area contributed by atoms with E-state index < -0.39 is 0 Å². The summed E-state index contributed by atoms with van der Waals surface area (Å²) in [6, 6.07) is 7.07. The van der Waals surface area contributed by atoms with Crippen LogP contribution >= 0.6 is 0 Å². The van der Waals surface area contributed by atoms with Gasteiger partial charge in [-0.15, -0.1) is 0 Å². The van der Waals surface area contributed by atoms with Gasteiger partial charge in [-0.2, -0.15) is 0 Å². The zero-order valence-corrected chi connectivity index (χ0v) is 7.03. The molecule has 0 aliphatic rings. The molecule has 2 N–H and O–H groups in total. The van der Waals surface area contributed by atoms with Crippen LogP contribution in [0.3, 0.4) is 0 Å². The molecule has 3 heteroatoms. The van der Waals surface area contributed by atoms with Gasteiger partial charge in [0, 0.05) is 23.7 Å². The normalized spacial score (nSPS) is 9.85. The van der Waals surface area contributed by atoms with Crippen LogP contribution in [0.1, 0.15) is 10.4 Å². The quantitative estimate of drug-likeness (QED) is 0.542. The molecule has 0 radical (unpaired) electrons. The molecule has 0 aromatic heterocycles. The molecule has 0 atom stereocenters. The van der Waals surface area contributed by atoms with Gasteiger partial charge in [0.2, 0.25) is 0 Å². The van der Waals surface area contributed by atoms with Gasteiger partial charge in [-0.05, 0) is 30.3 Å². The van der Waals surface area contributed by atoms with Crippen molar-refractivity contribution in [2.75, 3.05) is 5.32 Å². The highest BCUT2D eigenvalue weighted by molar-refractivity contribution is 5.75. The van der Waals surface area contributed by atoms with Crippen molar-refractivity contribution in [1.82, 2.24) is 0 Å². The number of hydrogen-bond donors (Lipinski definition) is 2. The van der Waals surface area contributed by atoms with Crippen LogP contribution < -0.4 is 5.32 Å². The largest absolute Gasteiger partial charge is 0.362 e. The summed E-state index contributed by atoms with van der Waals surface area (Å²) in [5.41, 5.74) is 1.55. The van der Waals surface area contributed by atoms with Crippen molar-refractivity contribution in [3.05, 3.63) is 42.1 Å². The monoisotopic (exact) mass is 174 g/mol. The molecule has 1 aromatic carbocycles. The van der Waals surface area contributed by atoms with Crippen molar-refractivity contribution in [3.8, 4) is 0 Å². The summed E-state index contributed by atoms with van der Waals surface area (Å²) in [6.07, 6.45) is 5.22. The van der Waals surface area contributed by atoms with Crippen molar-refractivity contribution < 1.29 is 4.79 Å². The average molecular weight is 174 g/mol. The summed E-state index contributed by atoms with van der Waals surface area (Å²) >= 11 is 0. The van der Waals surface area contributed by atoms with Gasteiger partial charge in [0.1, 0.15) is 6.29 Å². The molecule has 0 aliphatic heterocycles. The zero-order chi connectivity index (χ0) is 9.52. The number of rotatable bonds is 4. The predicted molar refractivity (Wildman–Crippen MR) is 53.4 cm³/mol. The van der Waals surface area contributed by atoms with Crippen LogP contribution in [0.2, 0.25) is 0 Å². The van der Waals surface area contributed by atoms with E-state index in [9.17, 15) is 4.79 Å². The van der Waals surface area contributed by atoms with Crippen molar-refractivity contribution in [1.29, 1.82) is 5.41 Å². The van der Waals surface area contributed by atoms with Crippen LogP contribution in [0, 0.1) is 5.41 Å². The van der Waals surface area contributed by atoms with Gasteiger partial charge in [-0.1, -0.05) is 0 Å². The Morgan fingerprint density at radius 3 is 2.46 bits per heavy atom. The molecular formula is C10H10N2O. The number of carbonyl (C=O) groups excluding carboxylic acids is 1. The Labute approximate surface area is 76.6 Å². The lowest BCUT2D eigenvalue weighted by Crippen LogP contribution is -1.87. The third-order valence-corrected chi connectivity index (χ3v) is 1.49. The van der Waals surface area contributed by atoms with E-state index in [1.165, 1.54) is 6.21 Å². The van der Waals surface area contributed by atoms with Crippen LogP contribution in [-0.4, -0.2) is 12.5 Å². The Balaban J connectivity index is 2.63. The molecule has 0 saturated carbocycles. The first kappa shape index (κ1) is 9.19.